The van der Waals surface area contributed by atoms with Gasteiger partial charge in [0.15, 0.2) is 0 Å². The third kappa shape index (κ3) is 5.59. The average molecular weight is 514 g/mol. The van der Waals surface area contributed by atoms with Crippen molar-refractivity contribution in [2.24, 2.45) is 0 Å². The van der Waals surface area contributed by atoms with Gasteiger partial charge in [0.1, 0.15) is 22.9 Å². The Bertz CT molecular complexity index is 1400. The zero-order valence-corrected chi connectivity index (χ0v) is 22.9. The summed E-state index contributed by atoms with van der Waals surface area (Å²) in [6, 6.07) is 19.7. The Hall–Kier alpha value is -4.06. The smallest absolute Gasteiger partial charge is 0.295 e. The van der Waals surface area contributed by atoms with Gasteiger partial charge in [0.25, 0.3) is 11.7 Å². The summed E-state index contributed by atoms with van der Waals surface area (Å²) in [5, 5.41) is 11.5. The Morgan fingerprint density at radius 3 is 2.34 bits per heavy atom. The summed E-state index contributed by atoms with van der Waals surface area (Å²) in [5.74, 6) is -0.231. The first-order valence-electron chi connectivity index (χ1n) is 12.9. The molecular weight excluding hydrogens is 478 g/mol. The number of rotatable bonds is 7. The van der Waals surface area contributed by atoms with Crippen molar-refractivity contribution in [2.75, 3.05) is 6.61 Å². The molecule has 1 unspecified atom stereocenters. The number of aliphatic hydroxyl groups is 1. The van der Waals surface area contributed by atoms with Gasteiger partial charge < -0.3 is 19.5 Å². The first kappa shape index (κ1) is 27.0. The zero-order valence-electron chi connectivity index (χ0n) is 22.9. The van der Waals surface area contributed by atoms with E-state index in [9.17, 15) is 14.7 Å². The minimum absolute atomic E-state index is 0.0679. The van der Waals surface area contributed by atoms with Crippen molar-refractivity contribution in [2.45, 2.75) is 59.7 Å². The number of carbonyl (C=O) groups is 2. The van der Waals surface area contributed by atoms with E-state index in [2.05, 4.69) is 0 Å². The third-order valence-corrected chi connectivity index (χ3v) is 6.38. The molecule has 6 heteroatoms. The summed E-state index contributed by atoms with van der Waals surface area (Å²) in [7, 11) is 0. The Kier molecular flexibility index (Phi) is 7.63. The van der Waals surface area contributed by atoms with Crippen molar-refractivity contribution >= 4 is 17.4 Å². The van der Waals surface area contributed by atoms with Crippen LogP contribution in [0.3, 0.4) is 0 Å². The van der Waals surface area contributed by atoms with Crippen LogP contribution in [0.4, 0.5) is 0 Å². The summed E-state index contributed by atoms with van der Waals surface area (Å²) in [6.07, 6.45) is 0. The molecule has 3 aromatic rings. The second-order valence-corrected chi connectivity index (χ2v) is 10.6. The molecule has 1 saturated heterocycles. The summed E-state index contributed by atoms with van der Waals surface area (Å²) in [6.45, 7) is 12.3. The summed E-state index contributed by atoms with van der Waals surface area (Å²) < 4.78 is 11.8. The van der Waals surface area contributed by atoms with Crippen LogP contribution in [0.5, 0.6) is 11.5 Å². The van der Waals surface area contributed by atoms with E-state index in [0.717, 1.165) is 22.3 Å². The van der Waals surface area contributed by atoms with Crippen LogP contribution in [-0.4, -0.2) is 33.9 Å². The van der Waals surface area contributed by atoms with Crippen LogP contribution in [0, 0.1) is 13.8 Å². The number of ether oxygens (including phenoxy) is 2. The Morgan fingerprint density at radius 2 is 1.68 bits per heavy atom. The van der Waals surface area contributed by atoms with Crippen LogP contribution in [0.2, 0.25) is 0 Å². The lowest BCUT2D eigenvalue weighted by Crippen LogP contribution is -2.30. The van der Waals surface area contributed by atoms with Gasteiger partial charge in [-0.3, -0.25) is 9.59 Å². The molecule has 1 heterocycles. The lowest BCUT2D eigenvalue weighted by Gasteiger charge is -2.28. The quantitative estimate of drug-likeness (QED) is 0.222. The Balaban J connectivity index is 1.84. The van der Waals surface area contributed by atoms with E-state index in [0.29, 0.717) is 23.7 Å². The number of amides is 1. The number of ketones is 1. The SMILES string of the molecule is CCOc1ccc(/C(O)=C2/C(=O)C(=O)N(Cc3ccccc3OC(C)(C)C)C2c2cccc(C)c2)cc1C. The van der Waals surface area contributed by atoms with Crippen LogP contribution >= 0.6 is 0 Å². The van der Waals surface area contributed by atoms with Crippen molar-refractivity contribution < 1.29 is 24.2 Å². The van der Waals surface area contributed by atoms with Gasteiger partial charge in [-0.25, -0.2) is 0 Å². The van der Waals surface area contributed by atoms with Crippen LogP contribution < -0.4 is 9.47 Å². The highest BCUT2D eigenvalue weighted by Gasteiger charge is 2.46. The average Bonchev–Trinajstić information content (AvgIpc) is 3.10. The molecular formula is C32H35NO5. The number of nitrogens with zero attached hydrogens (tertiary/aromatic N) is 1. The molecule has 0 saturated carbocycles. The van der Waals surface area contributed by atoms with E-state index in [4.69, 9.17) is 9.47 Å². The molecule has 6 nitrogen and oxygen atoms in total. The number of Topliss-reactive ketones (excluding diaryl/α,β-unsaturated/α-hetero) is 1. The summed E-state index contributed by atoms with van der Waals surface area (Å²) >= 11 is 0. The van der Waals surface area contributed by atoms with Crippen molar-refractivity contribution in [3.8, 4) is 11.5 Å². The number of likely N-dealkylation sites (tertiary alicyclic amines) is 1. The van der Waals surface area contributed by atoms with Gasteiger partial charge >= 0.3 is 0 Å². The fourth-order valence-electron chi connectivity index (χ4n) is 4.75. The highest BCUT2D eigenvalue weighted by atomic mass is 16.5. The van der Waals surface area contributed by atoms with Gasteiger partial charge in [-0.05, 0) is 76.9 Å². The van der Waals surface area contributed by atoms with Crippen LogP contribution in [0.25, 0.3) is 5.76 Å². The van der Waals surface area contributed by atoms with E-state index in [1.165, 1.54) is 4.90 Å². The van der Waals surface area contributed by atoms with E-state index >= 15 is 0 Å². The topological polar surface area (TPSA) is 76.1 Å². The monoisotopic (exact) mass is 513 g/mol. The first-order valence-corrected chi connectivity index (χ1v) is 12.9. The maximum Gasteiger partial charge on any atom is 0.295 e. The molecule has 4 rings (SSSR count). The van der Waals surface area contributed by atoms with Crippen LogP contribution in [0.1, 0.15) is 61.6 Å². The number of para-hydroxylation sites is 1. The number of aryl methyl sites for hydroxylation is 2. The molecule has 38 heavy (non-hydrogen) atoms. The zero-order chi connectivity index (χ0) is 27.6. The van der Waals surface area contributed by atoms with Gasteiger partial charge in [0.05, 0.1) is 24.8 Å². The lowest BCUT2D eigenvalue weighted by molar-refractivity contribution is -0.140. The highest BCUT2D eigenvalue weighted by molar-refractivity contribution is 6.46. The normalized spacial score (nSPS) is 17.1. The predicted molar refractivity (Wildman–Crippen MR) is 148 cm³/mol. The maximum absolute atomic E-state index is 13.5. The van der Waals surface area contributed by atoms with E-state index < -0.39 is 23.3 Å². The molecule has 0 aliphatic carbocycles. The number of aliphatic hydroxyl groups excluding tert-OH is 1. The molecule has 1 aliphatic heterocycles. The summed E-state index contributed by atoms with van der Waals surface area (Å²) in [5.41, 5.74) is 3.43. The van der Waals surface area contributed by atoms with Gasteiger partial charge in [0, 0.05) is 11.1 Å². The van der Waals surface area contributed by atoms with Crippen molar-refractivity contribution in [3.05, 3.63) is 100 Å². The van der Waals surface area contributed by atoms with Crippen molar-refractivity contribution in [1.29, 1.82) is 0 Å². The standard InChI is InChI=1S/C32H35NO5/c1-7-37-25-16-15-23(18-21(25)3)29(34)27-28(22-13-10-11-20(2)17-22)33(31(36)30(27)35)19-24-12-8-9-14-26(24)38-32(4,5)6/h8-18,28,34H,7,19H2,1-6H3/b29-27-. The summed E-state index contributed by atoms with van der Waals surface area (Å²) in [4.78, 5) is 28.5. The number of carbonyl (C=O) groups excluding carboxylic acids is 2. The third-order valence-electron chi connectivity index (χ3n) is 6.38. The van der Waals surface area contributed by atoms with Gasteiger partial charge in [-0.2, -0.15) is 0 Å². The van der Waals surface area contributed by atoms with Crippen molar-refractivity contribution in [3.63, 3.8) is 0 Å². The second kappa shape index (κ2) is 10.7. The van der Waals surface area contributed by atoms with Gasteiger partial charge in [0.2, 0.25) is 0 Å². The highest BCUT2D eigenvalue weighted by Crippen LogP contribution is 2.41. The molecule has 1 N–H and O–H groups in total. The van der Waals surface area contributed by atoms with E-state index in [1.807, 2.05) is 90.1 Å². The lowest BCUT2D eigenvalue weighted by atomic mass is 9.94. The molecule has 0 radical (unpaired) electrons. The van der Waals surface area contributed by atoms with Crippen molar-refractivity contribution in [1.82, 2.24) is 4.90 Å². The molecule has 0 bridgehead atoms. The van der Waals surface area contributed by atoms with E-state index in [1.54, 1.807) is 18.2 Å². The first-order chi connectivity index (χ1) is 18.0. The Labute approximate surface area is 224 Å². The minimum atomic E-state index is -0.760. The number of benzene rings is 3. The molecule has 1 fully saturated rings. The fraction of sp³-hybridized carbons (Fsp3) is 0.312. The number of hydrogen-bond acceptors (Lipinski definition) is 5. The van der Waals surface area contributed by atoms with Gasteiger partial charge in [-0.15, -0.1) is 0 Å². The molecule has 1 amide bonds. The molecule has 0 aromatic heterocycles. The Morgan fingerprint density at radius 1 is 0.947 bits per heavy atom. The number of hydrogen-bond donors (Lipinski definition) is 1. The maximum atomic E-state index is 13.5. The van der Waals surface area contributed by atoms with Crippen LogP contribution in [0.15, 0.2) is 72.3 Å². The molecule has 0 spiro atoms. The van der Waals surface area contributed by atoms with Crippen LogP contribution in [-0.2, 0) is 16.1 Å². The fourth-order valence-corrected chi connectivity index (χ4v) is 4.75. The van der Waals surface area contributed by atoms with Gasteiger partial charge in [-0.1, -0.05) is 48.0 Å². The minimum Gasteiger partial charge on any atom is -0.507 e. The molecule has 1 aliphatic rings. The largest absolute Gasteiger partial charge is 0.507 e. The second-order valence-electron chi connectivity index (χ2n) is 10.6. The molecule has 3 aromatic carbocycles. The predicted octanol–water partition coefficient (Wildman–Crippen LogP) is 6.50. The molecule has 198 valence electrons. The molecule has 1 atom stereocenters. The van der Waals surface area contributed by atoms with E-state index in [-0.39, 0.29) is 17.9 Å².